The van der Waals surface area contributed by atoms with Gasteiger partial charge in [0.05, 0.1) is 12.0 Å². The number of hydrogen-bond donors (Lipinski definition) is 1. The molecule has 0 saturated heterocycles. The maximum absolute atomic E-state index is 12.4. The van der Waals surface area contributed by atoms with Crippen molar-refractivity contribution < 1.29 is 14.7 Å². The lowest BCUT2D eigenvalue weighted by Crippen LogP contribution is -2.50. The third kappa shape index (κ3) is 3.04. The van der Waals surface area contributed by atoms with E-state index in [4.69, 9.17) is 0 Å². The van der Waals surface area contributed by atoms with Gasteiger partial charge < -0.3 is 15.2 Å². The first-order valence-electron chi connectivity index (χ1n) is 9.98. The van der Waals surface area contributed by atoms with Crippen LogP contribution >= 0.6 is 0 Å². The summed E-state index contributed by atoms with van der Waals surface area (Å²) in [6, 6.07) is 6.95. The van der Waals surface area contributed by atoms with Gasteiger partial charge in [-0.2, -0.15) is 0 Å². The third-order valence-corrected chi connectivity index (χ3v) is 7.00. The summed E-state index contributed by atoms with van der Waals surface area (Å²) in [6.07, 6.45) is 8.14. The van der Waals surface area contributed by atoms with E-state index in [1.54, 1.807) is 13.8 Å². The number of carboxylic acids is 1. The van der Waals surface area contributed by atoms with Crippen LogP contribution in [-0.2, 0) is 10.2 Å². The Labute approximate surface area is 155 Å². The molecule has 0 spiro atoms. The van der Waals surface area contributed by atoms with Gasteiger partial charge in [0.1, 0.15) is 0 Å². The van der Waals surface area contributed by atoms with Crippen molar-refractivity contribution in [3.8, 4) is 0 Å². The predicted octanol–water partition coefficient (Wildman–Crippen LogP) is 2.66. The van der Waals surface area contributed by atoms with Crippen molar-refractivity contribution in [1.82, 2.24) is 5.32 Å². The molecule has 0 heterocycles. The normalized spacial score (nSPS) is 33.3. The van der Waals surface area contributed by atoms with Gasteiger partial charge in [0.2, 0.25) is 0 Å². The summed E-state index contributed by atoms with van der Waals surface area (Å²) in [5.41, 5.74) is 2.20. The molecule has 1 N–H and O–H groups in total. The van der Waals surface area contributed by atoms with E-state index in [1.807, 2.05) is 12.1 Å². The highest BCUT2D eigenvalue weighted by molar-refractivity contribution is 5.96. The van der Waals surface area contributed by atoms with Gasteiger partial charge in [0.15, 0.2) is 0 Å². The van der Waals surface area contributed by atoms with Gasteiger partial charge in [-0.3, -0.25) is 4.79 Å². The molecule has 1 aromatic rings. The monoisotopic (exact) mass is 354 g/mol. The highest BCUT2D eigenvalue weighted by atomic mass is 16.4. The van der Waals surface area contributed by atoms with Gasteiger partial charge in [0.25, 0.3) is 5.91 Å². The van der Waals surface area contributed by atoms with Crippen molar-refractivity contribution in [2.75, 3.05) is 0 Å². The van der Waals surface area contributed by atoms with E-state index < -0.39 is 12.0 Å². The number of rotatable bonds is 5. The van der Waals surface area contributed by atoms with Gasteiger partial charge in [-0.25, -0.2) is 0 Å². The molecule has 1 amide bonds. The second-order valence-electron chi connectivity index (χ2n) is 9.29. The summed E-state index contributed by atoms with van der Waals surface area (Å²) in [6.45, 7) is 3.52. The molecule has 4 heteroatoms. The van der Waals surface area contributed by atoms with E-state index in [1.165, 1.54) is 44.1 Å². The molecule has 4 fully saturated rings. The van der Waals surface area contributed by atoms with Crippen LogP contribution in [0.2, 0.25) is 0 Å². The quantitative estimate of drug-likeness (QED) is 0.884. The summed E-state index contributed by atoms with van der Waals surface area (Å²) < 4.78 is 0. The second-order valence-corrected chi connectivity index (χ2v) is 9.29. The average molecular weight is 354 g/mol. The molecular weight excluding hydrogens is 326 g/mol. The Bertz CT molecular complexity index is 671. The first-order valence-corrected chi connectivity index (χ1v) is 9.98. The third-order valence-electron chi connectivity index (χ3n) is 7.00. The zero-order valence-corrected chi connectivity index (χ0v) is 15.7. The molecule has 26 heavy (non-hydrogen) atoms. The SMILES string of the molecule is CC(C)[C@@H](NC(=O)c1ccc(C23CC4CC(CC(C4)C2)C3)cc1)C(=O)[O-]. The van der Waals surface area contributed by atoms with Gasteiger partial charge in [-0.1, -0.05) is 26.0 Å². The molecule has 140 valence electrons. The van der Waals surface area contributed by atoms with Crippen LogP contribution in [-0.4, -0.2) is 17.9 Å². The van der Waals surface area contributed by atoms with Crippen molar-refractivity contribution >= 4 is 11.9 Å². The average Bonchev–Trinajstić information content (AvgIpc) is 2.58. The number of carbonyl (C=O) groups excluding carboxylic acids is 2. The number of carbonyl (C=O) groups is 2. The van der Waals surface area contributed by atoms with Crippen LogP contribution in [0.3, 0.4) is 0 Å². The molecule has 4 bridgehead atoms. The van der Waals surface area contributed by atoms with Crippen molar-refractivity contribution in [3.63, 3.8) is 0 Å². The van der Waals surface area contributed by atoms with Crippen LogP contribution in [0, 0.1) is 23.7 Å². The van der Waals surface area contributed by atoms with Crippen LogP contribution < -0.4 is 10.4 Å². The minimum Gasteiger partial charge on any atom is -0.548 e. The van der Waals surface area contributed by atoms with Crippen LogP contribution in [0.15, 0.2) is 24.3 Å². The Morgan fingerprint density at radius 1 is 1.00 bits per heavy atom. The Hall–Kier alpha value is -1.84. The van der Waals surface area contributed by atoms with Crippen molar-refractivity contribution in [2.45, 2.75) is 63.8 Å². The highest BCUT2D eigenvalue weighted by Crippen LogP contribution is 2.60. The molecule has 0 radical (unpaired) electrons. The van der Waals surface area contributed by atoms with Crippen LogP contribution in [0.1, 0.15) is 68.3 Å². The fraction of sp³-hybridized carbons (Fsp3) is 0.636. The molecule has 0 aliphatic heterocycles. The summed E-state index contributed by atoms with van der Waals surface area (Å²) in [5, 5.41) is 13.8. The Balaban J connectivity index is 1.50. The summed E-state index contributed by atoms with van der Waals surface area (Å²) in [7, 11) is 0. The molecule has 1 atom stereocenters. The van der Waals surface area contributed by atoms with Gasteiger partial charge in [0, 0.05) is 5.56 Å². The fourth-order valence-electron chi connectivity index (χ4n) is 6.16. The van der Waals surface area contributed by atoms with Crippen molar-refractivity contribution in [3.05, 3.63) is 35.4 Å². The minimum absolute atomic E-state index is 0.213. The zero-order valence-electron chi connectivity index (χ0n) is 15.7. The van der Waals surface area contributed by atoms with Crippen LogP contribution in [0.25, 0.3) is 0 Å². The first-order chi connectivity index (χ1) is 12.4. The first kappa shape index (κ1) is 17.6. The highest BCUT2D eigenvalue weighted by Gasteiger charge is 2.51. The fourth-order valence-corrected chi connectivity index (χ4v) is 6.16. The number of carboxylic acid groups (broad SMARTS) is 1. The number of aliphatic carboxylic acids is 1. The molecule has 4 aliphatic carbocycles. The summed E-state index contributed by atoms with van der Waals surface area (Å²) in [5.74, 6) is 0.871. The van der Waals surface area contributed by atoms with E-state index in [0.717, 1.165) is 17.8 Å². The molecule has 5 rings (SSSR count). The predicted molar refractivity (Wildman–Crippen MR) is 97.4 cm³/mol. The molecule has 4 aliphatic rings. The molecular formula is C22H28NO3-. The Morgan fingerprint density at radius 2 is 1.50 bits per heavy atom. The summed E-state index contributed by atoms with van der Waals surface area (Å²) >= 11 is 0. The lowest BCUT2D eigenvalue weighted by atomic mass is 9.48. The maximum Gasteiger partial charge on any atom is 0.251 e. The molecule has 4 saturated carbocycles. The Kier molecular flexibility index (Phi) is 4.32. The van der Waals surface area contributed by atoms with Gasteiger partial charge in [-0.15, -0.1) is 0 Å². The van der Waals surface area contributed by atoms with Crippen LogP contribution in [0.5, 0.6) is 0 Å². The van der Waals surface area contributed by atoms with E-state index in [9.17, 15) is 14.7 Å². The largest absolute Gasteiger partial charge is 0.548 e. The summed E-state index contributed by atoms with van der Waals surface area (Å²) in [4.78, 5) is 23.6. The van der Waals surface area contributed by atoms with E-state index in [0.29, 0.717) is 11.0 Å². The molecule has 4 nitrogen and oxygen atoms in total. The Morgan fingerprint density at radius 3 is 1.92 bits per heavy atom. The number of hydrogen-bond acceptors (Lipinski definition) is 3. The standard InChI is InChI=1S/C22H29NO3/c1-13(2)19(21(25)26)23-20(24)17-3-5-18(6-4-17)22-10-14-7-15(11-22)9-16(8-14)12-22/h3-6,13-16,19H,7-12H2,1-2H3,(H,23,24)(H,25,26)/p-1/t14?,15?,16?,19-,22?/m1/s1. The smallest absolute Gasteiger partial charge is 0.251 e. The van der Waals surface area contributed by atoms with E-state index in [-0.39, 0.29) is 11.8 Å². The lowest BCUT2D eigenvalue weighted by Gasteiger charge is -2.57. The number of benzene rings is 1. The molecule has 0 aromatic heterocycles. The van der Waals surface area contributed by atoms with E-state index in [2.05, 4.69) is 17.4 Å². The zero-order chi connectivity index (χ0) is 18.5. The van der Waals surface area contributed by atoms with E-state index >= 15 is 0 Å². The topological polar surface area (TPSA) is 69.2 Å². The van der Waals surface area contributed by atoms with Crippen molar-refractivity contribution in [2.24, 2.45) is 23.7 Å². The van der Waals surface area contributed by atoms with Gasteiger partial charge in [-0.05, 0) is 85.3 Å². The van der Waals surface area contributed by atoms with Gasteiger partial charge >= 0.3 is 0 Å². The second kappa shape index (κ2) is 6.40. The molecule has 1 aromatic carbocycles. The van der Waals surface area contributed by atoms with Crippen LogP contribution in [0.4, 0.5) is 0 Å². The minimum atomic E-state index is -1.24. The molecule has 0 unspecified atom stereocenters. The maximum atomic E-state index is 12.4. The van der Waals surface area contributed by atoms with Crippen molar-refractivity contribution in [1.29, 1.82) is 0 Å². The number of amides is 1. The lowest BCUT2D eigenvalue weighted by molar-refractivity contribution is -0.309. The number of nitrogens with one attached hydrogen (secondary N) is 1.